The van der Waals surface area contributed by atoms with Crippen LogP contribution in [0.3, 0.4) is 0 Å². The van der Waals surface area contributed by atoms with Gasteiger partial charge in [0.15, 0.2) is 0 Å². The number of carbonyl (C=O) groups is 1. The lowest BCUT2D eigenvalue weighted by Crippen LogP contribution is -2.39. The number of carbonyl (C=O) groups excluding carboxylic acids is 1. The van der Waals surface area contributed by atoms with E-state index in [1.165, 1.54) is 0 Å². The van der Waals surface area contributed by atoms with Gasteiger partial charge in [-0.1, -0.05) is 23.7 Å². The third-order valence-electron chi connectivity index (χ3n) is 3.24. The molecule has 1 heterocycles. The number of nitrogens with zero attached hydrogens (tertiary/aromatic N) is 1. The first-order valence-corrected chi connectivity index (χ1v) is 6.25. The number of rotatable bonds is 3. The smallest absolute Gasteiger partial charge is 0.227 e. The standard InChI is InChI=1S/C13H17ClN2O/c1-16(12-6-7-15-9-12)13(17)8-10-2-4-11(14)5-3-10/h2-5,12,15H,6-9H2,1H3. The molecular formula is C13H17ClN2O. The van der Waals surface area contributed by atoms with Crippen LogP contribution in [-0.2, 0) is 11.2 Å². The summed E-state index contributed by atoms with van der Waals surface area (Å²) in [7, 11) is 1.88. The Hall–Kier alpha value is -1.06. The highest BCUT2D eigenvalue weighted by molar-refractivity contribution is 6.30. The minimum Gasteiger partial charge on any atom is -0.341 e. The van der Waals surface area contributed by atoms with Crippen LogP contribution in [0.1, 0.15) is 12.0 Å². The molecule has 1 aliphatic rings. The Morgan fingerprint density at radius 3 is 2.76 bits per heavy atom. The summed E-state index contributed by atoms with van der Waals surface area (Å²) in [6.07, 6.45) is 1.49. The van der Waals surface area contributed by atoms with Gasteiger partial charge >= 0.3 is 0 Å². The monoisotopic (exact) mass is 252 g/mol. The Balaban J connectivity index is 1.93. The number of nitrogens with one attached hydrogen (secondary N) is 1. The first-order valence-electron chi connectivity index (χ1n) is 5.87. The molecule has 0 bridgehead atoms. The molecule has 3 nitrogen and oxygen atoms in total. The highest BCUT2D eigenvalue weighted by Crippen LogP contribution is 2.12. The van der Waals surface area contributed by atoms with Crippen molar-refractivity contribution in [1.82, 2.24) is 10.2 Å². The molecule has 1 fully saturated rings. The second-order valence-electron chi connectivity index (χ2n) is 4.45. The molecule has 1 atom stereocenters. The second-order valence-corrected chi connectivity index (χ2v) is 4.89. The van der Waals surface area contributed by atoms with Crippen molar-refractivity contribution in [3.8, 4) is 0 Å². The van der Waals surface area contributed by atoms with E-state index in [-0.39, 0.29) is 5.91 Å². The number of hydrogen-bond acceptors (Lipinski definition) is 2. The topological polar surface area (TPSA) is 32.3 Å². The fourth-order valence-corrected chi connectivity index (χ4v) is 2.20. The molecule has 1 aromatic rings. The van der Waals surface area contributed by atoms with E-state index in [0.29, 0.717) is 17.5 Å². The summed E-state index contributed by atoms with van der Waals surface area (Å²) >= 11 is 5.81. The average molecular weight is 253 g/mol. The van der Waals surface area contributed by atoms with Crippen LogP contribution in [0.15, 0.2) is 24.3 Å². The van der Waals surface area contributed by atoms with Crippen LogP contribution < -0.4 is 5.32 Å². The predicted octanol–water partition coefficient (Wildman–Crippen LogP) is 1.70. The zero-order valence-corrected chi connectivity index (χ0v) is 10.7. The van der Waals surface area contributed by atoms with Crippen LogP contribution >= 0.6 is 11.6 Å². The number of hydrogen-bond donors (Lipinski definition) is 1. The van der Waals surface area contributed by atoms with Crippen molar-refractivity contribution in [3.05, 3.63) is 34.9 Å². The van der Waals surface area contributed by atoms with Gasteiger partial charge in [0.05, 0.1) is 6.42 Å². The van der Waals surface area contributed by atoms with Crippen LogP contribution in [0.25, 0.3) is 0 Å². The quantitative estimate of drug-likeness (QED) is 0.888. The number of benzene rings is 1. The molecule has 0 saturated carbocycles. The van der Waals surface area contributed by atoms with Gasteiger partial charge in [-0.25, -0.2) is 0 Å². The predicted molar refractivity (Wildman–Crippen MR) is 69.2 cm³/mol. The van der Waals surface area contributed by atoms with Gasteiger partial charge in [0.25, 0.3) is 0 Å². The summed E-state index contributed by atoms with van der Waals surface area (Å²) in [4.78, 5) is 13.9. The largest absolute Gasteiger partial charge is 0.341 e. The van der Waals surface area contributed by atoms with E-state index in [4.69, 9.17) is 11.6 Å². The van der Waals surface area contributed by atoms with E-state index >= 15 is 0 Å². The molecule has 92 valence electrons. The van der Waals surface area contributed by atoms with E-state index in [0.717, 1.165) is 25.1 Å². The summed E-state index contributed by atoms with van der Waals surface area (Å²) in [6, 6.07) is 7.79. The van der Waals surface area contributed by atoms with Crippen LogP contribution in [0.5, 0.6) is 0 Å². The van der Waals surface area contributed by atoms with Crippen LogP contribution in [0, 0.1) is 0 Å². The minimum absolute atomic E-state index is 0.168. The molecule has 0 aliphatic carbocycles. The SMILES string of the molecule is CN(C(=O)Cc1ccc(Cl)cc1)C1CCNC1. The summed E-state index contributed by atoms with van der Waals surface area (Å²) in [6.45, 7) is 1.91. The normalized spacial score (nSPS) is 19.3. The summed E-state index contributed by atoms with van der Waals surface area (Å²) in [5, 5.41) is 3.97. The molecule has 0 aromatic heterocycles. The maximum absolute atomic E-state index is 12.0. The van der Waals surface area contributed by atoms with Gasteiger partial charge in [0, 0.05) is 24.7 Å². The van der Waals surface area contributed by atoms with Crippen LogP contribution in [-0.4, -0.2) is 37.0 Å². The second kappa shape index (κ2) is 5.52. The van der Waals surface area contributed by atoms with Gasteiger partial charge in [-0.15, -0.1) is 0 Å². The van der Waals surface area contributed by atoms with E-state index in [1.54, 1.807) is 0 Å². The molecule has 4 heteroatoms. The van der Waals surface area contributed by atoms with Crippen molar-refractivity contribution in [2.24, 2.45) is 0 Å². The van der Waals surface area contributed by atoms with E-state index < -0.39 is 0 Å². The molecule has 1 aliphatic heterocycles. The molecule has 1 amide bonds. The number of halogens is 1. The highest BCUT2D eigenvalue weighted by atomic mass is 35.5. The molecule has 1 unspecified atom stereocenters. The van der Waals surface area contributed by atoms with E-state index in [2.05, 4.69) is 5.32 Å². The summed E-state index contributed by atoms with van der Waals surface area (Å²) < 4.78 is 0. The van der Waals surface area contributed by atoms with E-state index in [9.17, 15) is 4.79 Å². The summed E-state index contributed by atoms with van der Waals surface area (Å²) in [5.41, 5.74) is 1.01. The maximum atomic E-state index is 12.0. The Kier molecular flexibility index (Phi) is 4.02. The highest BCUT2D eigenvalue weighted by Gasteiger charge is 2.22. The Bertz CT molecular complexity index is 385. The van der Waals surface area contributed by atoms with Gasteiger partial charge in [0.1, 0.15) is 0 Å². The molecular weight excluding hydrogens is 236 g/mol. The fraction of sp³-hybridized carbons (Fsp3) is 0.462. The van der Waals surface area contributed by atoms with Gasteiger partial charge in [0.2, 0.25) is 5.91 Å². The Morgan fingerprint density at radius 1 is 1.47 bits per heavy atom. The number of likely N-dealkylation sites (N-methyl/N-ethyl adjacent to an activating group) is 1. The van der Waals surface area contributed by atoms with E-state index in [1.807, 2.05) is 36.2 Å². The van der Waals surface area contributed by atoms with Crippen molar-refractivity contribution in [2.75, 3.05) is 20.1 Å². The molecule has 0 radical (unpaired) electrons. The number of amides is 1. The summed E-state index contributed by atoms with van der Waals surface area (Å²) in [5.74, 6) is 0.168. The zero-order chi connectivity index (χ0) is 12.3. The first-order chi connectivity index (χ1) is 8.16. The third kappa shape index (κ3) is 3.20. The lowest BCUT2D eigenvalue weighted by molar-refractivity contribution is -0.130. The molecule has 1 N–H and O–H groups in total. The van der Waals surface area contributed by atoms with Crippen LogP contribution in [0.4, 0.5) is 0 Å². The van der Waals surface area contributed by atoms with Crippen LogP contribution in [0.2, 0.25) is 5.02 Å². The maximum Gasteiger partial charge on any atom is 0.227 e. The molecule has 1 aromatic carbocycles. The Labute approximate surface area is 107 Å². The van der Waals surface area contributed by atoms with Gasteiger partial charge in [-0.2, -0.15) is 0 Å². The van der Waals surface area contributed by atoms with Gasteiger partial charge in [-0.05, 0) is 30.7 Å². The molecule has 2 rings (SSSR count). The molecule has 0 spiro atoms. The molecule has 1 saturated heterocycles. The Morgan fingerprint density at radius 2 is 2.18 bits per heavy atom. The van der Waals surface area contributed by atoms with Crippen molar-refractivity contribution in [3.63, 3.8) is 0 Å². The van der Waals surface area contributed by atoms with Gasteiger partial charge in [-0.3, -0.25) is 4.79 Å². The average Bonchev–Trinajstić information content (AvgIpc) is 2.84. The fourth-order valence-electron chi connectivity index (χ4n) is 2.08. The first kappa shape index (κ1) is 12.4. The lowest BCUT2D eigenvalue weighted by Gasteiger charge is -2.23. The van der Waals surface area contributed by atoms with Crippen molar-refractivity contribution < 1.29 is 4.79 Å². The van der Waals surface area contributed by atoms with Gasteiger partial charge < -0.3 is 10.2 Å². The third-order valence-corrected chi connectivity index (χ3v) is 3.50. The molecule has 17 heavy (non-hydrogen) atoms. The van der Waals surface area contributed by atoms with Crippen molar-refractivity contribution in [2.45, 2.75) is 18.9 Å². The lowest BCUT2D eigenvalue weighted by atomic mass is 10.1. The van der Waals surface area contributed by atoms with Crippen molar-refractivity contribution >= 4 is 17.5 Å². The van der Waals surface area contributed by atoms with Crippen molar-refractivity contribution in [1.29, 1.82) is 0 Å². The minimum atomic E-state index is 0.168. The zero-order valence-electron chi connectivity index (χ0n) is 9.95.